The van der Waals surface area contributed by atoms with Gasteiger partial charge in [-0.2, -0.15) is 16.4 Å². The minimum atomic E-state index is -0.203. The summed E-state index contributed by atoms with van der Waals surface area (Å²) in [5.74, 6) is 0.524. The highest BCUT2D eigenvalue weighted by Crippen LogP contribution is 2.21. The first-order chi connectivity index (χ1) is 11.3. The molecule has 0 aliphatic carbocycles. The molecule has 0 aliphatic heterocycles. The lowest BCUT2D eigenvalue weighted by Crippen LogP contribution is -2.27. The number of aromatic nitrogens is 2. The van der Waals surface area contributed by atoms with Gasteiger partial charge in [0.2, 0.25) is 5.91 Å². The number of hydrogen-bond donors (Lipinski definition) is 2. The Balaban J connectivity index is 1.79. The van der Waals surface area contributed by atoms with Gasteiger partial charge in [-0.15, -0.1) is 0 Å². The van der Waals surface area contributed by atoms with Gasteiger partial charge in [0.15, 0.2) is 0 Å². The molecular formula is C17H24N4O2S. The second kappa shape index (κ2) is 7.61. The number of nitrogens with one attached hydrogen (secondary N) is 2. The second-order valence-electron chi connectivity index (χ2n) is 6.67. The van der Waals surface area contributed by atoms with E-state index in [1.54, 1.807) is 11.4 Å². The van der Waals surface area contributed by atoms with Crippen molar-refractivity contribution in [2.24, 2.45) is 0 Å². The van der Waals surface area contributed by atoms with Gasteiger partial charge in [0, 0.05) is 30.0 Å². The molecule has 2 heterocycles. The molecule has 2 aromatic heterocycles. The minimum Gasteiger partial charge on any atom is -0.352 e. The van der Waals surface area contributed by atoms with E-state index in [2.05, 4.69) is 15.7 Å². The summed E-state index contributed by atoms with van der Waals surface area (Å²) in [5.41, 5.74) is 1.32. The molecule has 0 saturated heterocycles. The van der Waals surface area contributed by atoms with Crippen molar-refractivity contribution in [2.45, 2.75) is 46.1 Å². The quantitative estimate of drug-likeness (QED) is 0.787. The second-order valence-corrected chi connectivity index (χ2v) is 7.45. The summed E-state index contributed by atoms with van der Waals surface area (Å²) in [5, 5.41) is 13.8. The van der Waals surface area contributed by atoms with Crippen LogP contribution in [0.3, 0.4) is 0 Å². The summed E-state index contributed by atoms with van der Waals surface area (Å²) in [6.07, 6.45) is 0.933. The SMILES string of the molecule is Cc1cc(NC(=O)CCCNC(=O)c2ccsc2)n(C(C)(C)C)n1. The van der Waals surface area contributed by atoms with Gasteiger partial charge in [-0.05, 0) is 45.6 Å². The smallest absolute Gasteiger partial charge is 0.252 e. The first-order valence-electron chi connectivity index (χ1n) is 7.95. The van der Waals surface area contributed by atoms with Crippen molar-refractivity contribution in [2.75, 3.05) is 11.9 Å². The Labute approximate surface area is 146 Å². The summed E-state index contributed by atoms with van der Waals surface area (Å²) >= 11 is 1.49. The fourth-order valence-electron chi connectivity index (χ4n) is 2.25. The Morgan fingerprint density at radius 1 is 1.33 bits per heavy atom. The molecule has 0 saturated carbocycles. The number of amides is 2. The number of rotatable bonds is 6. The van der Waals surface area contributed by atoms with Gasteiger partial charge in [0.25, 0.3) is 5.91 Å². The Hall–Kier alpha value is -2.15. The van der Waals surface area contributed by atoms with E-state index in [0.29, 0.717) is 30.8 Å². The van der Waals surface area contributed by atoms with Crippen LogP contribution in [0.5, 0.6) is 0 Å². The van der Waals surface area contributed by atoms with Crippen LogP contribution in [0.25, 0.3) is 0 Å². The van der Waals surface area contributed by atoms with Crippen molar-refractivity contribution in [1.82, 2.24) is 15.1 Å². The Morgan fingerprint density at radius 2 is 2.08 bits per heavy atom. The molecule has 0 atom stereocenters. The van der Waals surface area contributed by atoms with Gasteiger partial charge in [0.1, 0.15) is 5.82 Å². The standard InChI is InChI=1S/C17H24N4O2S/c1-12-10-14(21(20-12)17(2,3)4)19-15(22)6-5-8-18-16(23)13-7-9-24-11-13/h7,9-11H,5-6,8H2,1-4H3,(H,18,23)(H,19,22). The molecule has 0 fully saturated rings. The lowest BCUT2D eigenvalue weighted by Gasteiger charge is -2.22. The van der Waals surface area contributed by atoms with E-state index in [1.807, 2.05) is 43.8 Å². The van der Waals surface area contributed by atoms with Crippen molar-refractivity contribution in [3.63, 3.8) is 0 Å². The molecule has 0 aliphatic rings. The van der Waals surface area contributed by atoms with E-state index in [9.17, 15) is 9.59 Å². The lowest BCUT2D eigenvalue weighted by molar-refractivity contribution is -0.116. The molecular weight excluding hydrogens is 324 g/mol. The highest BCUT2D eigenvalue weighted by molar-refractivity contribution is 7.08. The van der Waals surface area contributed by atoms with Crippen LogP contribution in [0.4, 0.5) is 5.82 Å². The van der Waals surface area contributed by atoms with E-state index >= 15 is 0 Å². The fourth-order valence-corrected chi connectivity index (χ4v) is 2.89. The highest BCUT2D eigenvalue weighted by Gasteiger charge is 2.19. The summed E-state index contributed by atoms with van der Waals surface area (Å²) in [6, 6.07) is 3.64. The van der Waals surface area contributed by atoms with Crippen LogP contribution in [-0.2, 0) is 10.3 Å². The molecule has 24 heavy (non-hydrogen) atoms. The zero-order valence-corrected chi connectivity index (χ0v) is 15.4. The van der Waals surface area contributed by atoms with E-state index in [4.69, 9.17) is 0 Å². The molecule has 7 heteroatoms. The van der Waals surface area contributed by atoms with Gasteiger partial charge in [-0.1, -0.05) is 0 Å². The predicted molar refractivity (Wildman–Crippen MR) is 96.5 cm³/mol. The zero-order chi connectivity index (χ0) is 17.7. The van der Waals surface area contributed by atoms with Crippen LogP contribution >= 0.6 is 11.3 Å². The van der Waals surface area contributed by atoms with Crippen LogP contribution in [0.15, 0.2) is 22.9 Å². The van der Waals surface area contributed by atoms with Crippen LogP contribution < -0.4 is 10.6 Å². The molecule has 6 nitrogen and oxygen atoms in total. The maximum Gasteiger partial charge on any atom is 0.252 e. The Bertz CT molecular complexity index is 699. The van der Waals surface area contributed by atoms with E-state index in [0.717, 1.165) is 5.69 Å². The molecule has 2 N–H and O–H groups in total. The van der Waals surface area contributed by atoms with Crippen molar-refractivity contribution in [3.05, 3.63) is 34.2 Å². The van der Waals surface area contributed by atoms with Crippen molar-refractivity contribution in [1.29, 1.82) is 0 Å². The van der Waals surface area contributed by atoms with Crippen LogP contribution in [-0.4, -0.2) is 28.1 Å². The first-order valence-corrected chi connectivity index (χ1v) is 8.89. The van der Waals surface area contributed by atoms with Gasteiger partial charge in [0.05, 0.1) is 11.2 Å². The third kappa shape index (κ3) is 4.92. The zero-order valence-electron chi connectivity index (χ0n) is 14.5. The average molecular weight is 348 g/mol. The molecule has 0 radical (unpaired) electrons. The molecule has 0 unspecified atom stereocenters. The first kappa shape index (κ1) is 18.2. The van der Waals surface area contributed by atoms with Gasteiger partial charge in [-0.3, -0.25) is 9.59 Å². The number of anilines is 1. The summed E-state index contributed by atoms with van der Waals surface area (Å²) in [6.45, 7) is 8.48. The lowest BCUT2D eigenvalue weighted by atomic mass is 10.1. The summed E-state index contributed by atoms with van der Waals surface area (Å²) in [4.78, 5) is 23.9. The Morgan fingerprint density at radius 3 is 2.71 bits per heavy atom. The van der Waals surface area contributed by atoms with Crippen molar-refractivity contribution < 1.29 is 9.59 Å². The molecule has 2 aromatic rings. The number of nitrogens with zero attached hydrogens (tertiary/aromatic N) is 2. The van der Waals surface area contributed by atoms with Crippen LogP contribution in [0.1, 0.15) is 49.7 Å². The molecule has 2 amide bonds. The van der Waals surface area contributed by atoms with Gasteiger partial charge in [-0.25, -0.2) is 4.68 Å². The highest BCUT2D eigenvalue weighted by atomic mass is 32.1. The van der Waals surface area contributed by atoms with E-state index in [-0.39, 0.29) is 17.4 Å². The average Bonchev–Trinajstić information content (AvgIpc) is 3.12. The maximum absolute atomic E-state index is 12.1. The number of aryl methyl sites for hydroxylation is 1. The van der Waals surface area contributed by atoms with Gasteiger partial charge >= 0.3 is 0 Å². The van der Waals surface area contributed by atoms with Gasteiger partial charge < -0.3 is 10.6 Å². The third-order valence-electron chi connectivity index (χ3n) is 3.38. The summed E-state index contributed by atoms with van der Waals surface area (Å²) in [7, 11) is 0. The number of carbonyl (C=O) groups excluding carboxylic acids is 2. The van der Waals surface area contributed by atoms with Crippen molar-refractivity contribution >= 4 is 29.0 Å². The molecule has 0 aromatic carbocycles. The number of carbonyl (C=O) groups is 2. The number of hydrogen-bond acceptors (Lipinski definition) is 4. The largest absolute Gasteiger partial charge is 0.352 e. The Kier molecular flexibility index (Phi) is 5.77. The normalized spacial score (nSPS) is 11.3. The molecule has 130 valence electrons. The molecule has 0 spiro atoms. The fraction of sp³-hybridized carbons (Fsp3) is 0.471. The van der Waals surface area contributed by atoms with Crippen LogP contribution in [0.2, 0.25) is 0 Å². The topological polar surface area (TPSA) is 76.0 Å². The summed E-state index contributed by atoms with van der Waals surface area (Å²) < 4.78 is 1.82. The number of thiophene rings is 1. The molecule has 2 rings (SSSR count). The molecule has 0 bridgehead atoms. The van der Waals surface area contributed by atoms with Crippen LogP contribution in [0, 0.1) is 6.92 Å². The van der Waals surface area contributed by atoms with Crippen molar-refractivity contribution in [3.8, 4) is 0 Å². The minimum absolute atomic E-state index is 0.0785. The third-order valence-corrected chi connectivity index (χ3v) is 4.07. The maximum atomic E-state index is 12.1. The monoisotopic (exact) mass is 348 g/mol. The van der Waals surface area contributed by atoms with E-state index < -0.39 is 0 Å². The predicted octanol–water partition coefficient (Wildman–Crippen LogP) is 3.16. The van der Waals surface area contributed by atoms with E-state index in [1.165, 1.54) is 11.3 Å².